The van der Waals surface area contributed by atoms with Crippen LogP contribution in [-0.4, -0.2) is 62.2 Å². The summed E-state index contributed by atoms with van der Waals surface area (Å²) in [5, 5.41) is 3.27. The van der Waals surface area contributed by atoms with Gasteiger partial charge in [0.1, 0.15) is 6.04 Å². The van der Waals surface area contributed by atoms with Crippen LogP contribution in [0.4, 0.5) is 0 Å². The van der Waals surface area contributed by atoms with Crippen molar-refractivity contribution in [2.24, 2.45) is 5.92 Å². The maximum Gasteiger partial charge on any atom is 0.243 e. The summed E-state index contributed by atoms with van der Waals surface area (Å²) in [5.41, 5.74) is 1.02. The van der Waals surface area contributed by atoms with E-state index in [-0.39, 0.29) is 29.8 Å². The molecule has 0 saturated carbocycles. The van der Waals surface area contributed by atoms with Gasteiger partial charge in [0, 0.05) is 25.2 Å². The highest BCUT2D eigenvalue weighted by atomic mass is 35.5. The van der Waals surface area contributed by atoms with E-state index in [4.69, 9.17) is 11.6 Å². The van der Waals surface area contributed by atoms with Crippen molar-refractivity contribution in [3.63, 3.8) is 0 Å². The fraction of sp³-hybridized carbons (Fsp3) is 0.417. The van der Waals surface area contributed by atoms with Gasteiger partial charge in [0.2, 0.25) is 21.8 Å². The third-order valence-electron chi connectivity index (χ3n) is 5.22. The molecule has 9 heteroatoms. The van der Waals surface area contributed by atoms with Crippen LogP contribution in [0.15, 0.2) is 59.5 Å². The molecule has 0 aliphatic heterocycles. The van der Waals surface area contributed by atoms with E-state index in [1.54, 1.807) is 6.92 Å². The lowest BCUT2D eigenvalue weighted by Crippen LogP contribution is -2.52. The molecule has 0 fully saturated rings. The van der Waals surface area contributed by atoms with Crippen molar-refractivity contribution in [1.82, 2.24) is 14.5 Å². The fourth-order valence-electron chi connectivity index (χ4n) is 3.18. The van der Waals surface area contributed by atoms with Gasteiger partial charge in [-0.05, 0) is 49.1 Å². The molecule has 0 aliphatic rings. The van der Waals surface area contributed by atoms with Crippen LogP contribution in [0.25, 0.3) is 0 Å². The van der Waals surface area contributed by atoms with E-state index in [0.717, 1.165) is 9.87 Å². The third kappa shape index (κ3) is 7.84. The number of nitrogens with one attached hydrogen (secondary N) is 1. The molecule has 2 rings (SSSR count). The van der Waals surface area contributed by atoms with E-state index in [1.165, 1.54) is 36.2 Å². The summed E-state index contributed by atoms with van der Waals surface area (Å²) in [7, 11) is -2.54. The summed E-state index contributed by atoms with van der Waals surface area (Å²) >= 11 is 5.86. The molecule has 0 unspecified atom stereocenters. The second kappa shape index (κ2) is 12.2. The number of amides is 2. The lowest BCUT2D eigenvalue weighted by Gasteiger charge is -2.30. The van der Waals surface area contributed by atoms with Crippen LogP contribution in [0.5, 0.6) is 0 Å². The van der Waals surface area contributed by atoms with Gasteiger partial charge in [0.15, 0.2) is 0 Å². The first-order chi connectivity index (χ1) is 15.5. The van der Waals surface area contributed by atoms with Crippen molar-refractivity contribution in [1.29, 1.82) is 0 Å². The summed E-state index contributed by atoms with van der Waals surface area (Å²) in [6.07, 6.45) is 0.544. The van der Waals surface area contributed by atoms with Gasteiger partial charge in [-0.2, -0.15) is 4.31 Å². The largest absolute Gasteiger partial charge is 0.354 e. The van der Waals surface area contributed by atoms with Crippen LogP contribution in [-0.2, 0) is 26.0 Å². The van der Waals surface area contributed by atoms with Gasteiger partial charge in [0.25, 0.3) is 0 Å². The van der Waals surface area contributed by atoms with Crippen molar-refractivity contribution < 1.29 is 18.0 Å². The topological polar surface area (TPSA) is 86.8 Å². The van der Waals surface area contributed by atoms with Crippen molar-refractivity contribution >= 4 is 33.4 Å². The molecule has 1 atom stereocenters. The van der Waals surface area contributed by atoms with Crippen LogP contribution in [0.2, 0.25) is 5.02 Å². The van der Waals surface area contributed by atoms with E-state index in [1.807, 2.05) is 44.2 Å². The Balaban J connectivity index is 2.18. The van der Waals surface area contributed by atoms with Gasteiger partial charge < -0.3 is 10.2 Å². The molecule has 0 bridgehead atoms. The van der Waals surface area contributed by atoms with Gasteiger partial charge in [0.05, 0.1) is 11.4 Å². The van der Waals surface area contributed by atoms with Crippen LogP contribution in [0, 0.1) is 5.92 Å². The average Bonchev–Trinajstić information content (AvgIpc) is 2.78. The molecule has 2 amide bonds. The molecule has 0 heterocycles. The lowest BCUT2D eigenvalue weighted by molar-refractivity contribution is -0.139. The van der Waals surface area contributed by atoms with Crippen molar-refractivity contribution in [3.05, 3.63) is 65.2 Å². The number of benzene rings is 2. The van der Waals surface area contributed by atoms with Crippen molar-refractivity contribution in [2.75, 3.05) is 26.7 Å². The second-order valence-corrected chi connectivity index (χ2v) is 10.8. The van der Waals surface area contributed by atoms with Gasteiger partial charge in [-0.15, -0.1) is 0 Å². The Bertz CT molecular complexity index is 1030. The standard InChI is InChI=1S/C24H32ClN3O4S/c1-18(2)16-26-24(30)19(3)28(15-14-20-8-6-5-7-9-20)23(29)17-27(4)33(31,32)22-12-10-21(25)11-13-22/h5-13,18-19H,14-17H2,1-4H3,(H,26,30)/t19-/m0/s1. The van der Waals surface area contributed by atoms with E-state index in [2.05, 4.69) is 5.32 Å². The molecule has 180 valence electrons. The quantitative estimate of drug-likeness (QED) is 0.520. The SMILES string of the molecule is CC(C)CNC(=O)[C@H](C)N(CCc1ccccc1)C(=O)CN(C)S(=O)(=O)c1ccc(Cl)cc1. The Morgan fingerprint density at radius 3 is 2.18 bits per heavy atom. The zero-order chi connectivity index (χ0) is 24.6. The number of hydrogen-bond donors (Lipinski definition) is 1. The summed E-state index contributed by atoms with van der Waals surface area (Å²) in [4.78, 5) is 27.4. The number of sulfonamides is 1. The van der Waals surface area contributed by atoms with Crippen molar-refractivity contribution in [2.45, 2.75) is 38.1 Å². The van der Waals surface area contributed by atoms with E-state index < -0.39 is 22.0 Å². The predicted octanol–water partition coefficient (Wildman–Crippen LogP) is 3.19. The molecule has 0 radical (unpaired) electrons. The lowest BCUT2D eigenvalue weighted by atomic mass is 10.1. The van der Waals surface area contributed by atoms with E-state index in [0.29, 0.717) is 18.0 Å². The highest BCUT2D eigenvalue weighted by molar-refractivity contribution is 7.89. The van der Waals surface area contributed by atoms with E-state index in [9.17, 15) is 18.0 Å². The van der Waals surface area contributed by atoms with Gasteiger partial charge in [-0.1, -0.05) is 55.8 Å². The Morgan fingerprint density at radius 2 is 1.61 bits per heavy atom. The van der Waals surface area contributed by atoms with Gasteiger partial charge >= 0.3 is 0 Å². The molecule has 0 spiro atoms. The summed E-state index contributed by atoms with van der Waals surface area (Å²) in [6, 6.07) is 14.6. The first kappa shape index (κ1) is 26.8. The number of carbonyl (C=O) groups is 2. The molecule has 0 aliphatic carbocycles. The minimum absolute atomic E-state index is 0.0424. The van der Waals surface area contributed by atoms with E-state index >= 15 is 0 Å². The summed E-state index contributed by atoms with van der Waals surface area (Å²) in [5.74, 6) is -0.447. The molecule has 2 aromatic carbocycles. The zero-order valence-corrected chi connectivity index (χ0v) is 21.1. The number of halogens is 1. The highest BCUT2D eigenvalue weighted by Crippen LogP contribution is 2.18. The van der Waals surface area contributed by atoms with Crippen LogP contribution < -0.4 is 5.32 Å². The number of carbonyl (C=O) groups excluding carboxylic acids is 2. The molecule has 0 aromatic heterocycles. The predicted molar refractivity (Wildman–Crippen MR) is 130 cm³/mol. The molecule has 2 aromatic rings. The summed E-state index contributed by atoms with van der Waals surface area (Å²) < 4.78 is 26.8. The van der Waals surface area contributed by atoms with Crippen LogP contribution in [0.3, 0.4) is 0 Å². The number of likely N-dealkylation sites (N-methyl/N-ethyl adjacent to an activating group) is 1. The Morgan fingerprint density at radius 1 is 1.00 bits per heavy atom. The Labute approximate surface area is 201 Å². The Hall–Kier alpha value is -2.42. The minimum Gasteiger partial charge on any atom is -0.354 e. The maximum absolute atomic E-state index is 13.2. The molecule has 7 nitrogen and oxygen atoms in total. The minimum atomic E-state index is -3.89. The molecule has 0 saturated heterocycles. The first-order valence-corrected chi connectivity index (χ1v) is 12.7. The monoisotopic (exact) mass is 493 g/mol. The second-order valence-electron chi connectivity index (χ2n) is 8.35. The fourth-order valence-corrected chi connectivity index (χ4v) is 4.42. The highest BCUT2D eigenvalue weighted by Gasteiger charge is 2.30. The smallest absolute Gasteiger partial charge is 0.243 e. The Kier molecular flexibility index (Phi) is 9.88. The zero-order valence-electron chi connectivity index (χ0n) is 19.5. The molecular weight excluding hydrogens is 462 g/mol. The number of rotatable bonds is 11. The van der Waals surface area contributed by atoms with Gasteiger partial charge in [-0.25, -0.2) is 8.42 Å². The number of hydrogen-bond acceptors (Lipinski definition) is 4. The molecule has 1 N–H and O–H groups in total. The summed E-state index contributed by atoms with van der Waals surface area (Å²) in [6.45, 7) is 6.02. The first-order valence-electron chi connectivity index (χ1n) is 10.9. The number of nitrogens with zero attached hydrogens (tertiary/aromatic N) is 2. The average molecular weight is 494 g/mol. The van der Waals surface area contributed by atoms with Crippen molar-refractivity contribution in [3.8, 4) is 0 Å². The van der Waals surface area contributed by atoms with Gasteiger partial charge in [-0.3, -0.25) is 9.59 Å². The van der Waals surface area contributed by atoms with Crippen LogP contribution >= 0.6 is 11.6 Å². The van der Waals surface area contributed by atoms with Crippen LogP contribution in [0.1, 0.15) is 26.3 Å². The molecule has 33 heavy (non-hydrogen) atoms. The maximum atomic E-state index is 13.2. The molecular formula is C24H32ClN3O4S. The third-order valence-corrected chi connectivity index (χ3v) is 7.29. The normalized spacial score (nSPS) is 12.6.